The molecule has 1 aromatic carbocycles. The van der Waals surface area contributed by atoms with Crippen LogP contribution in [0, 0.1) is 5.92 Å². The molecule has 0 aromatic heterocycles. The van der Waals surface area contributed by atoms with Crippen LogP contribution < -0.4 is 16.0 Å². The number of carbonyl (C=O) groups is 1. The van der Waals surface area contributed by atoms with Crippen molar-refractivity contribution in [2.45, 2.75) is 45.2 Å². The topological polar surface area (TPSA) is 53.2 Å². The molecule has 1 fully saturated rings. The molecule has 2 rings (SSSR count). The van der Waals surface area contributed by atoms with Gasteiger partial charge in [0.1, 0.15) is 0 Å². The van der Waals surface area contributed by atoms with Gasteiger partial charge in [-0.3, -0.25) is 4.79 Å². The second-order valence-corrected chi connectivity index (χ2v) is 6.48. The fraction of sp³-hybridized carbons (Fsp3) is 0.611. The Bertz CT molecular complexity index is 569. The van der Waals surface area contributed by atoms with Crippen LogP contribution in [0.1, 0.15) is 44.6 Å². The molecular weight excluding hydrogens is 331 g/mol. The summed E-state index contributed by atoms with van der Waals surface area (Å²) < 4.78 is 38.9. The van der Waals surface area contributed by atoms with Gasteiger partial charge in [0.05, 0.1) is 16.9 Å². The van der Waals surface area contributed by atoms with E-state index >= 15 is 0 Å². The molecule has 0 bridgehead atoms. The lowest BCUT2D eigenvalue weighted by Crippen LogP contribution is -2.17. The predicted octanol–water partition coefficient (Wildman–Crippen LogP) is 4.25. The van der Waals surface area contributed by atoms with Crippen LogP contribution in [0.25, 0.3) is 0 Å². The van der Waals surface area contributed by atoms with Crippen molar-refractivity contribution in [3.8, 4) is 0 Å². The highest BCUT2D eigenvalue weighted by molar-refractivity contribution is 5.94. The first-order valence-corrected chi connectivity index (χ1v) is 8.86. The number of hydrogen-bond donors (Lipinski definition) is 3. The second-order valence-electron chi connectivity index (χ2n) is 6.48. The molecule has 0 spiro atoms. The second kappa shape index (κ2) is 9.08. The van der Waals surface area contributed by atoms with Crippen LogP contribution in [0.2, 0.25) is 0 Å². The van der Waals surface area contributed by atoms with Gasteiger partial charge >= 0.3 is 6.18 Å². The van der Waals surface area contributed by atoms with Gasteiger partial charge in [-0.25, -0.2) is 0 Å². The molecule has 4 nitrogen and oxygen atoms in total. The molecule has 1 saturated heterocycles. The lowest BCUT2D eigenvalue weighted by atomic mass is 10.0. The Balaban J connectivity index is 2.03. The highest BCUT2D eigenvalue weighted by atomic mass is 19.4. The SMILES string of the molecule is CCCCNc1ccc(C(F)(F)F)cc1NC(=O)CCC1CCNC1. The van der Waals surface area contributed by atoms with Crippen molar-refractivity contribution >= 4 is 17.3 Å². The molecule has 140 valence electrons. The first-order valence-electron chi connectivity index (χ1n) is 8.86. The summed E-state index contributed by atoms with van der Waals surface area (Å²) in [5, 5.41) is 9.00. The molecule has 1 atom stereocenters. The lowest BCUT2D eigenvalue weighted by Gasteiger charge is -2.16. The van der Waals surface area contributed by atoms with E-state index in [0.29, 0.717) is 24.6 Å². The van der Waals surface area contributed by atoms with Gasteiger partial charge in [0.2, 0.25) is 5.91 Å². The summed E-state index contributed by atoms with van der Waals surface area (Å²) in [7, 11) is 0. The average Bonchev–Trinajstić information content (AvgIpc) is 3.07. The summed E-state index contributed by atoms with van der Waals surface area (Å²) >= 11 is 0. The maximum Gasteiger partial charge on any atom is 0.416 e. The third-order valence-electron chi connectivity index (χ3n) is 4.41. The molecule has 1 aliphatic heterocycles. The number of amides is 1. The van der Waals surface area contributed by atoms with Crippen molar-refractivity contribution in [3.05, 3.63) is 23.8 Å². The summed E-state index contributed by atoms with van der Waals surface area (Å²) in [6, 6.07) is 3.42. The fourth-order valence-corrected chi connectivity index (χ4v) is 2.89. The van der Waals surface area contributed by atoms with Crippen molar-refractivity contribution in [2.24, 2.45) is 5.92 Å². The van der Waals surface area contributed by atoms with Gasteiger partial charge < -0.3 is 16.0 Å². The Morgan fingerprint density at radius 1 is 1.32 bits per heavy atom. The van der Waals surface area contributed by atoms with Gasteiger partial charge in [-0.2, -0.15) is 13.2 Å². The maximum absolute atomic E-state index is 13.0. The van der Waals surface area contributed by atoms with Crippen LogP contribution >= 0.6 is 0 Å². The summed E-state index contributed by atoms with van der Waals surface area (Å²) in [5.74, 6) is 0.221. The number of anilines is 2. The molecule has 1 aliphatic rings. The zero-order valence-corrected chi connectivity index (χ0v) is 14.5. The highest BCUT2D eigenvalue weighted by Crippen LogP contribution is 2.34. The zero-order valence-electron chi connectivity index (χ0n) is 14.5. The molecule has 0 aliphatic carbocycles. The van der Waals surface area contributed by atoms with E-state index in [1.807, 2.05) is 6.92 Å². The van der Waals surface area contributed by atoms with Crippen molar-refractivity contribution in [3.63, 3.8) is 0 Å². The van der Waals surface area contributed by atoms with Gasteiger partial charge in [-0.05, 0) is 56.5 Å². The number of hydrogen-bond acceptors (Lipinski definition) is 3. The van der Waals surface area contributed by atoms with Gasteiger partial charge in [-0.15, -0.1) is 0 Å². The molecule has 0 saturated carbocycles. The third kappa shape index (κ3) is 6.23. The van der Waals surface area contributed by atoms with Gasteiger partial charge in [0, 0.05) is 13.0 Å². The lowest BCUT2D eigenvalue weighted by molar-refractivity contribution is -0.137. The quantitative estimate of drug-likeness (QED) is 0.610. The van der Waals surface area contributed by atoms with E-state index in [2.05, 4.69) is 16.0 Å². The smallest absolute Gasteiger partial charge is 0.383 e. The summed E-state index contributed by atoms with van der Waals surface area (Å²) in [5.41, 5.74) is -0.0401. The standard InChI is InChI=1S/C18H26F3N3O/c1-2-3-9-23-15-6-5-14(18(19,20)21)11-16(15)24-17(25)7-4-13-8-10-22-12-13/h5-6,11,13,22-23H,2-4,7-10,12H2,1H3,(H,24,25). The van der Waals surface area contributed by atoms with Crippen molar-refractivity contribution < 1.29 is 18.0 Å². The predicted molar refractivity (Wildman–Crippen MR) is 93.7 cm³/mol. The largest absolute Gasteiger partial charge is 0.416 e. The normalized spacial score (nSPS) is 17.5. The first-order chi connectivity index (χ1) is 11.9. The van der Waals surface area contributed by atoms with Crippen molar-refractivity contribution in [1.82, 2.24) is 5.32 Å². The minimum atomic E-state index is -4.43. The Hall–Kier alpha value is -1.76. The van der Waals surface area contributed by atoms with Crippen LogP contribution in [0.5, 0.6) is 0 Å². The third-order valence-corrected chi connectivity index (χ3v) is 4.41. The summed E-state index contributed by atoms with van der Waals surface area (Å²) in [6.07, 6.45) is -0.446. The number of nitrogens with one attached hydrogen (secondary N) is 3. The van der Waals surface area contributed by atoms with E-state index in [4.69, 9.17) is 0 Å². The van der Waals surface area contributed by atoms with Gasteiger partial charge in [-0.1, -0.05) is 13.3 Å². The molecule has 1 heterocycles. The number of unbranched alkanes of at least 4 members (excludes halogenated alkanes) is 1. The van der Waals surface area contributed by atoms with Crippen LogP contribution in [0.3, 0.4) is 0 Å². The van der Waals surface area contributed by atoms with Gasteiger partial charge in [0.15, 0.2) is 0 Å². The molecular formula is C18H26F3N3O. The number of benzene rings is 1. The van der Waals surface area contributed by atoms with Gasteiger partial charge in [0.25, 0.3) is 0 Å². The number of halogens is 3. The van der Waals surface area contributed by atoms with E-state index < -0.39 is 11.7 Å². The van der Waals surface area contributed by atoms with Crippen molar-refractivity contribution in [2.75, 3.05) is 30.3 Å². The number of carbonyl (C=O) groups excluding carboxylic acids is 1. The Morgan fingerprint density at radius 2 is 2.12 bits per heavy atom. The van der Waals surface area contributed by atoms with E-state index in [1.165, 1.54) is 6.07 Å². The minimum Gasteiger partial charge on any atom is -0.383 e. The Morgan fingerprint density at radius 3 is 2.76 bits per heavy atom. The van der Waals surface area contributed by atoms with Crippen LogP contribution in [0.4, 0.5) is 24.5 Å². The molecule has 1 amide bonds. The van der Waals surface area contributed by atoms with E-state index in [0.717, 1.165) is 50.9 Å². The van der Waals surface area contributed by atoms with Crippen molar-refractivity contribution in [1.29, 1.82) is 0 Å². The molecule has 25 heavy (non-hydrogen) atoms. The molecule has 3 N–H and O–H groups in total. The fourth-order valence-electron chi connectivity index (χ4n) is 2.89. The number of alkyl halides is 3. The maximum atomic E-state index is 13.0. The van der Waals surface area contributed by atoms with E-state index in [1.54, 1.807) is 0 Å². The van der Waals surface area contributed by atoms with E-state index in [-0.39, 0.29) is 11.6 Å². The first kappa shape index (κ1) is 19.6. The number of rotatable bonds is 8. The van der Waals surface area contributed by atoms with E-state index in [9.17, 15) is 18.0 Å². The Labute approximate surface area is 146 Å². The molecule has 1 aromatic rings. The summed E-state index contributed by atoms with van der Waals surface area (Å²) in [4.78, 5) is 12.2. The average molecular weight is 357 g/mol. The minimum absolute atomic E-state index is 0.195. The van der Waals surface area contributed by atoms with Crippen LogP contribution in [-0.2, 0) is 11.0 Å². The molecule has 7 heteroatoms. The molecule has 1 unspecified atom stereocenters. The van der Waals surface area contributed by atoms with Crippen LogP contribution in [-0.4, -0.2) is 25.5 Å². The van der Waals surface area contributed by atoms with Crippen LogP contribution in [0.15, 0.2) is 18.2 Å². The highest BCUT2D eigenvalue weighted by Gasteiger charge is 2.31. The Kier molecular flexibility index (Phi) is 7.11. The zero-order chi connectivity index (χ0) is 18.3. The molecule has 0 radical (unpaired) electrons. The summed E-state index contributed by atoms with van der Waals surface area (Å²) in [6.45, 7) is 4.56. The monoisotopic (exact) mass is 357 g/mol.